The lowest BCUT2D eigenvalue weighted by Crippen LogP contribution is -2.54. The molecule has 1 aliphatic rings. The molecule has 4 aromatic rings. The lowest BCUT2D eigenvalue weighted by Gasteiger charge is -2.26. The number of barbiturate groups is 1. The molecule has 0 aromatic heterocycles. The van der Waals surface area contributed by atoms with E-state index < -0.39 is 23.7 Å². The topological polar surface area (TPSA) is 75.7 Å². The maximum absolute atomic E-state index is 14.3. The summed E-state index contributed by atoms with van der Waals surface area (Å²) in [6, 6.07) is 21.2. The van der Waals surface area contributed by atoms with Crippen LogP contribution in [0.1, 0.15) is 16.7 Å². The number of para-hydroxylation sites is 1. The summed E-state index contributed by atoms with van der Waals surface area (Å²) in [4.78, 5) is 38.3. The summed E-state index contributed by atoms with van der Waals surface area (Å²) in [5.41, 5.74) is 1.97. The SMILES string of the molecule is Cc1ccc2ccccc2c1COc1ccc(/C=C2/C(=O)NC(=O)N(c3ccccc3F)C2=O)cc1Cl. The van der Waals surface area contributed by atoms with Crippen molar-refractivity contribution in [2.75, 3.05) is 4.90 Å². The van der Waals surface area contributed by atoms with Crippen LogP contribution in [0.2, 0.25) is 5.02 Å². The number of halogens is 2. The zero-order valence-corrected chi connectivity index (χ0v) is 20.4. The number of carbonyl (C=O) groups excluding carboxylic acids is 3. The fourth-order valence-corrected chi connectivity index (χ4v) is 4.43. The van der Waals surface area contributed by atoms with Gasteiger partial charge < -0.3 is 4.74 Å². The summed E-state index contributed by atoms with van der Waals surface area (Å²) in [6.45, 7) is 2.32. The lowest BCUT2D eigenvalue weighted by atomic mass is 10.0. The second-order valence-electron chi connectivity index (χ2n) is 8.47. The molecule has 0 aliphatic carbocycles. The van der Waals surface area contributed by atoms with Gasteiger partial charge in [0.05, 0.1) is 10.7 Å². The Labute approximate surface area is 216 Å². The van der Waals surface area contributed by atoms with Crippen molar-refractivity contribution in [1.82, 2.24) is 5.32 Å². The molecule has 0 atom stereocenters. The lowest BCUT2D eigenvalue weighted by molar-refractivity contribution is -0.122. The van der Waals surface area contributed by atoms with Crippen molar-refractivity contribution in [2.24, 2.45) is 0 Å². The third-order valence-corrected chi connectivity index (χ3v) is 6.40. The smallest absolute Gasteiger partial charge is 0.336 e. The number of carbonyl (C=O) groups is 3. The van der Waals surface area contributed by atoms with Crippen LogP contribution in [0.4, 0.5) is 14.9 Å². The molecule has 37 heavy (non-hydrogen) atoms. The Bertz CT molecular complexity index is 1620. The molecule has 0 unspecified atom stereocenters. The number of urea groups is 1. The van der Waals surface area contributed by atoms with Gasteiger partial charge in [-0.15, -0.1) is 0 Å². The van der Waals surface area contributed by atoms with Crippen LogP contribution in [-0.4, -0.2) is 17.8 Å². The molecule has 0 spiro atoms. The van der Waals surface area contributed by atoms with E-state index in [0.29, 0.717) is 22.8 Å². The fourth-order valence-electron chi connectivity index (χ4n) is 4.19. The van der Waals surface area contributed by atoms with Crippen LogP contribution in [0.25, 0.3) is 16.8 Å². The molecular formula is C29H20ClFN2O4. The highest BCUT2D eigenvalue weighted by molar-refractivity contribution is 6.39. The summed E-state index contributed by atoms with van der Waals surface area (Å²) in [5.74, 6) is -2.17. The van der Waals surface area contributed by atoms with E-state index in [2.05, 4.69) is 11.4 Å². The zero-order chi connectivity index (χ0) is 26.1. The first-order valence-electron chi connectivity index (χ1n) is 11.4. The number of anilines is 1. The number of fused-ring (bicyclic) bond motifs is 1. The van der Waals surface area contributed by atoms with Crippen molar-refractivity contribution in [3.63, 3.8) is 0 Å². The minimum atomic E-state index is -1.03. The number of aryl methyl sites for hydroxylation is 1. The molecule has 0 saturated carbocycles. The molecule has 0 bridgehead atoms. The van der Waals surface area contributed by atoms with E-state index >= 15 is 0 Å². The van der Waals surface area contributed by atoms with Crippen LogP contribution in [0.3, 0.4) is 0 Å². The minimum Gasteiger partial charge on any atom is -0.487 e. The summed E-state index contributed by atoms with van der Waals surface area (Å²) in [6.07, 6.45) is 1.29. The summed E-state index contributed by atoms with van der Waals surface area (Å²) in [7, 11) is 0. The van der Waals surface area contributed by atoms with Crippen molar-refractivity contribution in [3.8, 4) is 5.75 Å². The molecule has 1 fully saturated rings. The standard InChI is InChI=1S/C29H20ClFN2O4/c1-17-10-12-19-6-2-3-7-20(19)22(17)16-37-26-13-11-18(15-23(26)30)14-21-27(34)32-29(36)33(28(21)35)25-9-5-4-8-24(25)31/h2-15H,16H2,1H3,(H,32,34,36)/b21-14-. The molecule has 0 radical (unpaired) electrons. The average molecular weight is 515 g/mol. The van der Waals surface area contributed by atoms with Gasteiger partial charge in [-0.25, -0.2) is 14.1 Å². The molecule has 184 valence electrons. The molecule has 1 aliphatic heterocycles. The quantitative estimate of drug-likeness (QED) is 0.255. The van der Waals surface area contributed by atoms with Gasteiger partial charge in [0, 0.05) is 5.56 Å². The van der Waals surface area contributed by atoms with E-state index in [9.17, 15) is 18.8 Å². The predicted molar refractivity (Wildman–Crippen MR) is 140 cm³/mol. The zero-order valence-electron chi connectivity index (χ0n) is 19.6. The largest absolute Gasteiger partial charge is 0.487 e. The van der Waals surface area contributed by atoms with Gasteiger partial charge in [-0.2, -0.15) is 0 Å². The molecule has 8 heteroatoms. The van der Waals surface area contributed by atoms with E-state index in [1.165, 1.54) is 24.3 Å². The Kier molecular flexibility index (Phi) is 6.46. The molecule has 4 aromatic carbocycles. The van der Waals surface area contributed by atoms with Crippen molar-refractivity contribution in [3.05, 3.63) is 112 Å². The molecular weight excluding hydrogens is 495 g/mol. The second kappa shape index (κ2) is 9.87. The van der Waals surface area contributed by atoms with Crippen molar-refractivity contribution in [1.29, 1.82) is 0 Å². The van der Waals surface area contributed by atoms with Gasteiger partial charge in [-0.1, -0.05) is 66.2 Å². The second-order valence-corrected chi connectivity index (χ2v) is 8.88. The highest BCUT2D eigenvalue weighted by atomic mass is 35.5. The summed E-state index contributed by atoms with van der Waals surface area (Å²) < 4.78 is 20.3. The third-order valence-electron chi connectivity index (χ3n) is 6.11. The molecule has 1 N–H and O–H groups in total. The summed E-state index contributed by atoms with van der Waals surface area (Å²) >= 11 is 6.46. The van der Waals surface area contributed by atoms with Crippen LogP contribution >= 0.6 is 11.6 Å². The number of ether oxygens (including phenoxy) is 1. The summed E-state index contributed by atoms with van der Waals surface area (Å²) in [5, 5.41) is 4.55. The number of rotatable bonds is 5. The molecule has 1 heterocycles. The van der Waals surface area contributed by atoms with Gasteiger partial charge in [0.1, 0.15) is 23.7 Å². The first-order valence-corrected chi connectivity index (χ1v) is 11.8. The molecule has 4 amide bonds. The van der Waals surface area contributed by atoms with Crippen LogP contribution < -0.4 is 15.0 Å². The van der Waals surface area contributed by atoms with Crippen molar-refractivity contribution < 1.29 is 23.5 Å². The molecule has 1 saturated heterocycles. The maximum atomic E-state index is 14.3. The number of nitrogens with zero attached hydrogens (tertiary/aromatic N) is 1. The molecule has 6 nitrogen and oxygen atoms in total. The van der Waals surface area contributed by atoms with Gasteiger partial charge in [-0.05, 0) is 59.2 Å². The predicted octanol–water partition coefficient (Wildman–Crippen LogP) is 6.19. The van der Waals surface area contributed by atoms with Crippen LogP contribution in [0.5, 0.6) is 5.75 Å². The van der Waals surface area contributed by atoms with E-state index in [1.54, 1.807) is 18.2 Å². The number of hydrogen-bond acceptors (Lipinski definition) is 4. The molecule has 5 rings (SSSR count). The van der Waals surface area contributed by atoms with E-state index in [-0.39, 0.29) is 16.3 Å². The Hall–Kier alpha value is -4.49. The third kappa shape index (κ3) is 4.69. The Morgan fingerprint density at radius 2 is 1.73 bits per heavy atom. The van der Waals surface area contributed by atoms with Crippen LogP contribution in [0, 0.1) is 12.7 Å². The van der Waals surface area contributed by atoms with E-state index in [4.69, 9.17) is 16.3 Å². The van der Waals surface area contributed by atoms with Crippen molar-refractivity contribution >= 4 is 52.0 Å². The first kappa shape index (κ1) is 24.2. The minimum absolute atomic E-state index is 0.256. The van der Waals surface area contributed by atoms with E-state index in [0.717, 1.165) is 28.0 Å². The monoisotopic (exact) mass is 514 g/mol. The first-order chi connectivity index (χ1) is 17.8. The van der Waals surface area contributed by atoms with Gasteiger partial charge >= 0.3 is 6.03 Å². The van der Waals surface area contributed by atoms with Gasteiger partial charge in [0.2, 0.25) is 0 Å². The number of amides is 4. The van der Waals surface area contributed by atoms with Gasteiger partial charge in [0.25, 0.3) is 11.8 Å². The Balaban J connectivity index is 1.40. The van der Waals surface area contributed by atoms with Gasteiger partial charge in [-0.3, -0.25) is 14.9 Å². The number of nitrogens with one attached hydrogen (secondary N) is 1. The van der Waals surface area contributed by atoms with E-state index in [1.807, 2.05) is 37.3 Å². The fraction of sp³-hybridized carbons (Fsp3) is 0.0690. The number of benzene rings is 4. The van der Waals surface area contributed by atoms with Crippen molar-refractivity contribution in [2.45, 2.75) is 13.5 Å². The number of hydrogen-bond donors (Lipinski definition) is 1. The normalized spacial score (nSPS) is 14.8. The van der Waals surface area contributed by atoms with Crippen LogP contribution in [-0.2, 0) is 16.2 Å². The average Bonchev–Trinajstić information content (AvgIpc) is 2.88. The maximum Gasteiger partial charge on any atom is 0.336 e. The Morgan fingerprint density at radius 1 is 0.973 bits per heavy atom. The van der Waals surface area contributed by atoms with Crippen LogP contribution in [0.15, 0.2) is 84.4 Å². The van der Waals surface area contributed by atoms with Gasteiger partial charge in [0.15, 0.2) is 0 Å². The highest BCUT2D eigenvalue weighted by Gasteiger charge is 2.37. The number of imide groups is 2. The Morgan fingerprint density at radius 3 is 2.51 bits per heavy atom. The highest BCUT2D eigenvalue weighted by Crippen LogP contribution is 2.30.